The summed E-state index contributed by atoms with van der Waals surface area (Å²) in [7, 11) is 1.60. The molecule has 1 aromatic heterocycles. The molecule has 10 heteroatoms. The number of hydrogen-bond donors (Lipinski definition) is 0. The number of carbonyl (C=O) groups is 2. The number of hydrogen-bond acceptors (Lipinski definition) is 8. The second-order valence-electron chi connectivity index (χ2n) is 12.1. The van der Waals surface area contributed by atoms with E-state index < -0.39 is 17.3 Å². The fourth-order valence-corrected chi connectivity index (χ4v) is 5.71. The number of nitrogens with zero attached hydrogens (tertiary/aromatic N) is 3. The number of ether oxygens (including phenoxy) is 3. The third kappa shape index (κ3) is 9.15. The summed E-state index contributed by atoms with van der Waals surface area (Å²) in [6.45, 7) is 5.88. The predicted octanol–water partition coefficient (Wildman–Crippen LogP) is 5.02. The van der Waals surface area contributed by atoms with Crippen LogP contribution >= 0.6 is 0 Å². The van der Waals surface area contributed by atoms with Crippen LogP contribution in [-0.2, 0) is 40.3 Å². The van der Waals surface area contributed by atoms with Gasteiger partial charge in [0.25, 0.3) is 5.56 Å². The van der Waals surface area contributed by atoms with Crippen LogP contribution in [0.25, 0.3) is 0 Å². The molecule has 0 spiro atoms. The van der Waals surface area contributed by atoms with Crippen LogP contribution in [0.4, 0.5) is 0 Å². The van der Waals surface area contributed by atoms with Crippen molar-refractivity contribution < 1.29 is 23.8 Å². The summed E-state index contributed by atoms with van der Waals surface area (Å²) >= 11 is 0. The Morgan fingerprint density at radius 3 is 2.38 bits per heavy atom. The summed E-state index contributed by atoms with van der Waals surface area (Å²) < 4.78 is 18.9. The van der Waals surface area contributed by atoms with E-state index in [1.807, 2.05) is 42.5 Å². The van der Waals surface area contributed by atoms with E-state index in [0.717, 1.165) is 42.6 Å². The molecule has 0 bridgehead atoms. The van der Waals surface area contributed by atoms with Crippen molar-refractivity contribution in [3.8, 4) is 11.5 Å². The lowest BCUT2D eigenvalue weighted by Gasteiger charge is -2.24. The van der Waals surface area contributed by atoms with Crippen molar-refractivity contribution in [2.45, 2.75) is 103 Å². The Bertz CT molecular complexity index is 1570. The average molecular weight is 620 g/mol. The summed E-state index contributed by atoms with van der Waals surface area (Å²) in [5, 5.41) is 4.58. The van der Waals surface area contributed by atoms with Gasteiger partial charge in [-0.3, -0.25) is 14.2 Å². The zero-order valence-electron chi connectivity index (χ0n) is 26.9. The number of methoxy groups -OCH3 is 1. The summed E-state index contributed by atoms with van der Waals surface area (Å²) in [5.41, 5.74) is 0.425. The first-order valence-corrected chi connectivity index (χ1v) is 15.9. The SMILES string of the molecule is CCOC(=O)C(C)(C)Oc1cccc(CCCn2nc(C3CCCC3)c(=O)n(CCCC(=O)Cc3ccc(OC)cc3)c2=O)c1. The minimum atomic E-state index is -1.13. The van der Waals surface area contributed by atoms with Gasteiger partial charge in [-0.25, -0.2) is 14.3 Å². The highest BCUT2D eigenvalue weighted by molar-refractivity contribution is 5.80. The first-order chi connectivity index (χ1) is 21.6. The van der Waals surface area contributed by atoms with Crippen molar-refractivity contribution in [2.75, 3.05) is 13.7 Å². The van der Waals surface area contributed by atoms with Crippen LogP contribution in [0, 0.1) is 0 Å². The molecule has 45 heavy (non-hydrogen) atoms. The molecule has 1 heterocycles. The van der Waals surface area contributed by atoms with Crippen LogP contribution in [0.1, 0.15) is 88.5 Å². The summed E-state index contributed by atoms with van der Waals surface area (Å²) in [6.07, 6.45) is 6.05. The molecule has 4 rings (SSSR count). The highest BCUT2D eigenvalue weighted by atomic mass is 16.6. The topological polar surface area (TPSA) is 119 Å². The number of benzene rings is 2. The molecule has 242 valence electrons. The molecule has 1 fully saturated rings. The van der Waals surface area contributed by atoms with Crippen LogP contribution in [0.3, 0.4) is 0 Å². The lowest BCUT2D eigenvalue weighted by atomic mass is 10.0. The van der Waals surface area contributed by atoms with Crippen LogP contribution in [0.15, 0.2) is 58.1 Å². The van der Waals surface area contributed by atoms with Crippen LogP contribution < -0.4 is 20.7 Å². The lowest BCUT2D eigenvalue weighted by molar-refractivity contribution is -0.158. The van der Waals surface area contributed by atoms with Crippen molar-refractivity contribution in [1.82, 2.24) is 14.3 Å². The van der Waals surface area contributed by atoms with E-state index in [1.54, 1.807) is 33.9 Å². The standard InChI is InChI=1S/C35H45N3O7/c1-5-44-33(41)35(2,3)45-30-16-8-11-25(24-30)12-9-22-38-34(42)37(32(40)31(36-38)27-13-6-7-14-27)21-10-15-28(39)23-26-17-19-29(43-4)20-18-26/h8,11,16-20,24,27H,5-7,9-10,12-15,21-23H2,1-4H3. The molecule has 0 N–H and O–H groups in total. The maximum atomic E-state index is 13.5. The Balaban J connectivity index is 1.42. The molecule has 1 aliphatic rings. The van der Waals surface area contributed by atoms with E-state index in [4.69, 9.17) is 14.2 Å². The van der Waals surface area contributed by atoms with Crippen molar-refractivity contribution in [2.24, 2.45) is 0 Å². The van der Waals surface area contributed by atoms with Gasteiger partial charge in [0.05, 0.1) is 13.7 Å². The summed E-state index contributed by atoms with van der Waals surface area (Å²) in [5.74, 6) is 0.949. The second-order valence-corrected chi connectivity index (χ2v) is 12.1. The van der Waals surface area contributed by atoms with Gasteiger partial charge >= 0.3 is 11.7 Å². The maximum absolute atomic E-state index is 13.5. The Morgan fingerprint density at radius 1 is 0.956 bits per heavy atom. The molecule has 1 saturated carbocycles. The predicted molar refractivity (Wildman–Crippen MR) is 171 cm³/mol. The van der Waals surface area contributed by atoms with Gasteiger partial charge in [-0.1, -0.05) is 37.1 Å². The first kappa shape index (κ1) is 33.7. The quantitative estimate of drug-likeness (QED) is 0.205. The highest BCUT2D eigenvalue weighted by Crippen LogP contribution is 2.31. The number of aryl methyl sites for hydroxylation is 2. The van der Waals surface area contributed by atoms with E-state index in [9.17, 15) is 19.2 Å². The van der Waals surface area contributed by atoms with Crippen LogP contribution in [0.5, 0.6) is 11.5 Å². The van der Waals surface area contributed by atoms with Gasteiger partial charge in [0, 0.05) is 31.8 Å². The Labute approximate surface area is 264 Å². The monoisotopic (exact) mass is 619 g/mol. The van der Waals surface area contributed by atoms with E-state index in [0.29, 0.717) is 43.7 Å². The van der Waals surface area contributed by atoms with E-state index >= 15 is 0 Å². The Kier molecular flexibility index (Phi) is 11.7. The second kappa shape index (κ2) is 15.7. The van der Waals surface area contributed by atoms with Crippen LogP contribution in [-0.4, -0.2) is 45.4 Å². The highest BCUT2D eigenvalue weighted by Gasteiger charge is 2.31. The van der Waals surface area contributed by atoms with Gasteiger partial charge in [-0.05, 0) is 88.3 Å². The lowest BCUT2D eigenvalue weighted by Crippen LogP contribution is -2.44. The number of rotatable bonds is 16. The third-order valence-corrected chi connectivity index (χ3v) is 8.16. The number of carbonyl (C=O) groups excluding carboxylic acids is 2. The van der Waals surface area contributed by atoms with E-state index in [2.05, 4.69) is 5.10 Å². The molecule has 0 unspecified atom stereocenters. The zero-order valence-corrected chi connectivity index (χ0v) is 26.9. The molecule has 0 radical (unpaired) electrons. The van der Waals surface area contributed by atoms with Crippen molar-refractivity contribution in [3.63, 3.8) is 0 Å². The molecule has 0 aliphatic heterocycles. The largest absolute Gasteiger partial charge is 0.497 e. The molecule has 2 aromatic carbocycles. The summed E-state index contributed by atoms with van der Waals surface area (Å²) in [6, 6.07) is 14.9. The van der Waals surface area contributed by atoms with E-state index in [1.165, 1.54) is 9.25 Å². The Morgan fingerprint density at radius 2 is 1.69 bits per heavy atom. The minimum absolute atomic E-state index is 0.0453. The molecule has 0 atom stereocenters. The average Bonchev–Trinajstić information content (AvgIpc) is 3.55. The van der Waals surface area contributed by atoms with Crippen molar-refractivity contribution in [1.29, 1.82) is 0 Å². The van der Waals surface area contributed by atoms with Gasteiger partial charge < -0.3 is 14.2 Å². The van der Waals surface area contributed by atoms with Gasteiger partial charge in [-0.2, -0.15) is 5.10 Å². The van der Waals surface area contributed by atoms with Gasteiger partial charge in [0.15, 0.2) is 5.60 Å². The molecule has 10 nitrogen and oxygen atoms in total. The molecule has 0 saturated heterocycles. The molecular formula is C35H45N3O7. The van der Waals surface area contributed by atoms with Crippen molar-refractivity contribution in [3.05, 3.63) is 86.2 Å². The Hall–Kier alpha value is -4.21. The smallest absolute Gasteiger partial charge is 0.349 e. The molecule has 0 amide bonds. The van der Waals surface area contributed by atoms with Gasteiger partial charge in [0.1, 0.15) is 23.0 Å². The van der Waals surface area contributed by atoms with Crippen molar-refractivity contribution >= 4 is 11.8 Å². The van der Waals surface area contributed by atoms with Crippen LogP contribution in [0.2, 0.25) is 0 Å². The number of ketones is 1. The maximum Gasteiger partial charge on any atom is 0.349 e. The first-order valence-electron chi connectivity index (χ1n) is 15.9. The molecule has 3 aromatic rings. The van der Waals surface area contributed by atoms with Gasteiger partial charge in [0.2, 0.25) is 0 Å². The zero-order chi connectivity index (χ0) is 32.4. The normalized spacial score (nSPS) is 13.5. The summed E-state index contributed by atoms with van der Waals surface area (Å²) in [4.78, 5) is 51.8. The number of Topliss-reactive ketones (excluding diaryl/α,β-unsaturated/α-hetero) is 1. The fourth-order valence-electron chi connectivity index (χ4n) is 5.71. The third-order valence-electron chi connectivity index (χ3n) is 8.16. The fraction of sp³-hybridized carbons (Fsp3) is 0.514. The number of aromatic nitrogens is 3. The molecular weight excluding hydrogens is 574 g/mol. The van der Waals surface area contributed by atoms with E-state index in [-0.39, 0.29) is 36.8 Å². The van der Waals surface area contributed by atoms with Gasteiger partial charge in [-0.15, -0.1) is 0 Å². The molecule has 1 aliphatic carbocycles. The minimum Gasteiger partial charge on any atom is -0.497 e. The number of esters is 1.